The van der Waals surface area contributed by atoms with E-state index in [-0.39, 0.29) is 30.0 Å². The maximum Gasteiger partial charge on any atom is 0.193 e. The second kappa shape index (κ2) is 10.4. The Kier molecular flexibility index (Phi) is 8.51. The molecule has 3 heterocycles. The van der Waals surface area contributed by atoms with Crippen molar-refractivity contribution in [3.63, 3.8) is 0 Å². The molecule has 1 N–H and O–H groups in total. The van der Waals surface area contributed by atoms with Crippen molar-refractivity contribution in [2.24, 2.45) is 10.9 Å². The predicted octanol–water partition coefficient (Wildman–Crippen LogP) is 2.58. The summed E-state index contributed by atoms with van der Waals surface area (Å²) in [6.07, 6.45) is 5.48. The van der Waals surface area contributed by atoms with E-state index in [0.29, 0.717) is 5.92 Å². The highest BCUT2D eigenvalue weighted by Crippen LogP contribution is 2.25. The molecule has 0 saturated carbocycles. The number of hydrogen-bond donors (Lipinski definition) is 1. The topological polar surface area (TPSA) is 53.2 Å². The van der Waals surface area contributed by atoms with Crippen molar-refractivity contribution >= 4 is 29.9 Å². The molecule has 0 bridgehead atoms. The SMILES string of the molecule is CN=C(NCC(c1ccco1)N1CCCC1)N1CCC(COC)C1.I. The number of guanidine groups is 1. The van der Waals surface area contributed by atoms with Gasteiger partial charge in [0.15, 0.2) is 5.96 Å². The summed E-state index contributed by atoms with van der Waals surface area (Å²) >= 11 is 0. The fourth-order valence-electron chi connectivity index (χ4n) is 3.86. The number of ether oxygens (including phenoxy) is 1. The fraction of sp³-hybridized carbons (Fsp3) is 0.722. The Morgan fingerprint density at radius 1 is 1.40 bits per heavy atom. The van der Waals surface area contributed by atoms with Crippen molar-refractivity contribution in [2.75, 3.05) is 53.5 Å². The van der Waals surface area contributed by atoms with Crippen molar-refractivity contribution < 1.29 is 9.15 Å². The first-order valence-electron chi connectivity index (χ1n) is 9.03. The molecule has 1 aromatic heterocycles. The number of furan rings is 1. The Balaban J connectivity index is 0.00000225. The molecule has 2 unspecified atom stereocenters. The van der Waals surface area contributed by atoms with Crippen LogP contribution in [0.5, 0.6) is 0 Å². The van der Waals surface area contributed by atoms with Crippen LogP contribution in [0.2, 0.25) is 0 Å². The van der Waals surface area contributed by atoms with E-state index in [1.165, 1.54) is 19.3 Å². The number of nitrogens with one attached hydrogen (secondary N) is 1. The summed E-state index contributed by atoms with van der Waals surface area (Å²) in [4.78, 5) is 9.34. The summed E-state index contributed by atoms with van der Waals surface area (Å²) in [5, 5.41) is 3.57. The highest BCUT2D eigenvalue weighted by molar-refractivity contribution is 14.0. The first-order chi connectivity index (χ1) is 11.8. The van der Waals surface area contributed by atoms with Crippen LogP contribution in [-0.2, 0) is 4.74 Å². The summed E-state index contributed by atoms with van der Waals surface area (Å²) in [5.74, 6) is 2.64. The smallest absolute Gasteiger partial charge is 0.193 e. The van der Waals surface area contributed by atoms with Gasteiger partial charge in [-0.3, -0.25) is 9.89 Å². The van der Waals surface area contributed by atoms with Crippen LogP contribution in [0.3, 0.4) is 0 Å². The predicted molar refractivity (Wildman–Crippen MR) is 111 cm³/mol. The molecule has 25 heavy (non-hydrogen) atoms. The normalized spacial score (nSPS) is 22.9. The van der Waals surface area contributed by atoms with Crippen LogP contribution < -0.4 is 5.32 Å². The quantitative estimate of drug-likeness (QED) is 0.400. The van der Waals surface area contributed by atoms with Gasteiger partial charge in [-0.1, -0.05) is 0 Å². The van der Waals surface area contributed by atoms with Crippen molar-refractivity contribution in [1.82, 2.24) is 15.1 Å². The standard InChI is InChI=1S/C18H30N4O2.HI/c1-19-18(22-10-7-15(13-22)14-23-2)20-12-16(17-6-5-11-24-17)21-8-3-4-9-21;/h5-6,11,15-16H,3-4,7-10,12-14H2,1-2H3,(H,19,20);1H. The molecule has 6 nitrogen and oxygen atoms in total. The molecule has 1 aromatic rings. The lowest BCUT2D eigenvalue weighted by molar-refractivity contribution is 0.157. The van der Waals surface area contributed by atoms with Crippen molar-refractivity contribution in [3.05, 3.63) is 24.2 Å². The van der Waals surface area contributed by atoms with Crippen molar-refractivity contribution in [3.8, 4) is 0 Å². The van der Waals surface area contributed by atoms with Crippen LogP contribution in [-0.4, -0.2) is 69.2 Å². The van der Waals surface area contributed by atoms with E-state index in [4.69, 9.17) is 9.15 Å². The van der Waals surface area contributed by atoms with Gasteiger partial charge >= 0.3 is 0 Å². The molecule has 0 spiro atoms. The average Bonchev–Trinajstić information content (AvgIpc) is 3.34. The average molecular weight is 462 g/mol. The molecule has 2 aliphatic rings. The molecule has 0 aliphatic carbocycles. The van der Waals surface area contributed by atoms with Crippen molar-refractivity contribution in [1.29, 1.82) is 0 Å². The van der Waals surface area contributed by atoms with Crippen molar-refractivity contribution in [2.45, 2.75) is 25.3 Å². The number of rotatable bonds is 6. The second-order valence-electron chi connectivity index (χ2n) is 6.76. The van der Waals surface area contributed by atoms with Gasteiger partial charge in [-0.2, -0.15) is 0 Å². The molecule has 3 rings (SSSR count). The van der Waals surface area contributed by atoms with Gasteiger partial charge in [0, 0.05) is 39.7 Å². The summed E-state index contributed by atoms with van der Waals surface area (Å²) in [6, 6.07) is 4.33. The minimum absolute atomic E-state index is 0. The molecule has 0 amide bonds. The van der Waals surface area contributed by atoms with Crippen LogP contribution in [0.25, 0.3) is 0 Å². The Morgan fingerprint density at radius 2 is 2.20 bits per heavy atom. The van der Waals surface area contributed by atoms with Gasteiger partial charge in [-0.25, -0.2) is 0 Å². The van der Waals surface area contributed by atoms with E-state index >= 15 is 0 Å². The molecule has 2 saturated heterocycles. The summed E-state index contributed by atoms with van der Waals surface area (Å²) in [6.45, 7) is 6.00. The highest BCUT2D eigenvalue weighted by Gasteiger charge is 2.28. The maximum atomic E-state index is 5.70. The van der Waals surface area contributed by atoms with Gasteiger partial charge in [0.2, 0.25) is 0 Å². The van der Waals surface area contributed by atoms with Gasteiger partial charge in [0.25, 0.3) is 0 Å². The minimum atomic E-state index is 0. The maximum absolute atomic E-state index is 5.70. The molecule has 2 atom stereocenters. The Bertz CT molecular complexity index is 517. The highest BCUT2D eigenvalue weighted by atomic mass is 127. The zero-order valence-electron chi connectivity index (χ0n) is 15.3. The first-order valence-corrected chi connectivity index (χ1v) is 9.03. The van der Waals surface area contributed by atoms with Gasteiger partial charge in [-0.05, 0) is 44.5 Å². The summed E-state index contributed by atoms with van der Waals surface area (Å²) in [7, 11) is 3.64. The molecule has 0 aromatic carbocycles. The van der Waals surface area contributed by atoms with E-state index in [9.17, 15) is 0 Å². The molecule has 2 aliphatic heterocycles. The lowest BCUT2D eigenvalue weighted by Gasteiger charge is -2.28. The molecule has 142 valence electrons. The van der Waals surface area contributed by atoms with E-state index in [2.05, 4.69) is 26.2 Å². The Hall–Kier alpha value is -0.800. The van der Waals surface area contributed by atoms with E-state index < -0.39 is 0 Å². The third-order valence-electron chi connectivity index (χ3n) is 5.11. The lowest BCUT2D eigenvalue weighted by Crippen LogP contribution is -2.44. The largest absolute Gasteiger partial charge is 0.468 e. The van der Waals surface area contributed by atoms with Crippen LogP contribution in [0.4, 0.5) is 0 Å². The lowest BCUT2D eigenvalue weighted by atomic mass is 10.1. The van der Waals surface area contributed by atoms with Gasteiger partial charge in [0.05, 0.1) is 18.9 Å². The van der Waals surface area contributed by atoms with Gasteiger partial charge in [-0.15, -0.1) is 24.0 Å². The van der Waals surface area contributed by atoms with E-state index in [0.717, 1.165) is 51.1 Å². The van der Waals surface area contributed by atoms with Gasteiger partial charge < -0.3 is 19.4 Å². The molecular formula is C18H31IN4O2. The summed E-state index contributed by atoms with van der Waals surface area (Å²) in [5.41, 5.74) is 0. The van der Waals surface area contributed by atoms with E-state index in [1.54, 1.807) is 13.4 Å². The second-order valence-corrected chi connectivity index (χ2v) is 6.76. The Labute approximate surface area is 168 Å². The number of nitrogens with zero attached hydrogens (tertiary/aromatic N) is 3. The van der Waals surface area contributed by atoms with Crippen LogP contribution in [0, 0.1) is 5.92 Å². The third kappa shape index (κ3) is 5.34. The third-order valence-corrected chi connectivity index (χ3v) is 5.11. The fourth-order valence-corrected chi connectivity index (χ4v) is 3.86. The number of methoxy groups -OCH3 is 1. The molecule has 7 heteroatoms. The van der Waals surface area contributed by atoms with Crippen LogP contribution in [0.1, 0.15) is 31.1 Å². The zero-order chi connectivity index (χ0) is 16.8. The number of halogens is 1. The monoisotopic (exact) mass is 462 g/mol. The first kappa shape index (κ1) is 20.5. The Morgan fingerprint density at radius 3 is 2.84 bits per heavy atom. The number of likely N-dealkylation sites (tertiary alicyclic amines) is 2. The minimum Gasteiger partial charge on any atom is -0.468 e. The van der Waals surface area contributed by atoms with Gasteiger partial charge in [0.1, 0.15) is 5.76 Å². The molecule has 2 fully saturated rings. The number of hydrogen-bond acceptors (Lipinski definition) is 4. The molecule has 0 radical (unpaired) electrons. The van der Waals surface area contributed by atoms with Crippen LogP contribution in [0.15, 0.2) is 27.8 Å². The summed E-state index contributed by atoms with van der Waals surface area (Å²) < 4.78 is 11.0. The van der Waals surface area contributed by atoms with Crippen LogP contribution >= 0.6 is 24.0 Å². The number of aliphatic imine (C=N–C) groups is 1. The zero-order valence-corrected chi connectivity index (χ0v) is 17.6. The molecular weight excluding hydrogens is 431 g/mol. The van der Waals surface area contributed by atoms with E-state index in [1.807, 2.05) is 13.1 Å².